The number of piperidine rings is 2. The second kappa shape index (κ2) is 9.56. The Morgan fingerprint density at radius 3 is 2.81 bits per heavy atom. The van der Waals surface area contributed by atoms with E-state index < -0.39 is 0 Å². The molecule has 1 amide bonds. The van der Waals surface area contributed by atoms with Crippen LogP contribution in [0.15, 0.2) is 24.3 Å². The molecule has 1 spiro atoms. The molecular formula is C22H34N2O3. The van der Waals surface area contributed by atoms with E-state index in [-0.39, 0.29) is 11.3 Å². The third-order valence-corrected chi connectivity index (χ3v) is 5.88. The maximum Gasteiger partial charge on any atom is 0.222 e. The predicted octanol–water partition coefficient (Wildman–Crippen LogP) is 3.33. The number of carbonyl (C=O) groups excluding carboxylic acids is 1. The van der Waals surface area contributed by atoms with Crippen molar-refractivity contribution in [1.29, 1.82) is 0 Å². The Hall–Kier alpha value is -1.59. The summed E-state index contributed by atoms with van der Waals surface area (Å²) in [6.07, 6.45) is 5.12. The summed E-state index contributed by atoms with van der Waals surface area (Å²) >= 11 is 0. The topological polar surface area (TPSA) is 42.0 Å². The van der Waals surface area contributed by atoms with Gasteiger partial charge in [0.15, 0.2) is 0 Å². The van der Waals surface area contributed by atoms with E-state index in [1.165, 1.54) is 18.4 Å². The average molecular weight is 375 g/mol. The summed E-state index contributed by atoms with van der Waals surface area (Å²) < 4.78 is 11.1. The number of ether oxygens (including phenoxy) is 2. The van der Waals surface area contributed by atoms with Crippen LogP contribution in [0.4, 0.5) is 0 Å². The van der Waals surface area contributed by atoms with Crippen LogP contribution in [0.5, 0.6) is 5.75 Å². The maximum atomic E-state index is 12.3. The molecule has 1 aromatic rings. The zero-order valence-corrected chi connectivity index (χ0v) is 16.9. The number of nitrogens with zero attached hydrogens (tertiary/aromatic N) is 2. The smallest absolute Gasteiger partial charge is 0.222 e. The van der Waals surface area contributed by atoms with E-state index in [0.717, 1.165) is 51.4 Å². The molecule has 2 fully saturated rings. The molecule has 1 aromatic carbocycles. The van der Waals surface area contributed by atoms with Crippen molar-refractivity contribution >= 4 is 5.91 Å². The van der Waals surface area contributed by atoms with Gasteiger partial charge in [-0.1, -0.05) is 25.1 Å². The van der Waals surface area contributed by atoms with Gasteiger partial charge in [0.2, 0.25) is 5.91 Å². The highest BCUT2D eigenvalue weighted by Gasteiger charge is 2.41. The van der Waals surface area contributed by atoms with E-state index >= 15 is 0 Å². The normalized spacial score (nSPS) is 23.8. The van der Waals surface area contributed by atoms with Crippen LogP contribution < -0.4 is 4.74 Å². The van der Waals surface area contributed by atoms with Gasteiger partial charge in [-0.3, -0.25) is 9.69 Å². The van der Waals surface area contributed by atoms with Gasteiger partial charge in [-0.05, 0) is 38.3 Å². The molecular weight excluding hydrogens is 340 g/mol. The minimum atomic E-state index is 0.235. The summed E-state index contributed by atoms with van der Waals surface area (Å²) in [5.74, 6) is 1.30. The molecule has 1 unspecified atom stereocenters. The number of likely N-dealkylation sites (tertiary alicyclic amines) is 2. The van der Waals surface area contributed by atoms with Crippen molar-refractivity contribution in [2.24, 2.45) is 5.41 Å². The lowest BCUT2D eigenvalue weighted by molar-refractivity contribution is -0.140. The largest absolute Gasteiger partial charge is 0.493 e. The first-order valence-electron chi connectivity index (χ1n) is 10.4. The number of amides is 1. The van der Waals surface area contributed by atoms with Crippen LogP contribution in [-0.4, -0.2) is 62.2 Å². The molecule has 2 aliphatic rings. The van der Waals surface area contributed by atoms with Crippen molar-refractivity contribution in [1.82, 2.24) is 9.80 Å². The minimum Gasteiger partial charge on any atom is -0.493 e. The zero-order valence-electron chi connectivity index (χ0n) is 16.9. The number of carbonyl (C=O) groups is 1. The van der Waals surface area contributed by atoms with E-state index in [4.69, 9.17) is 9.47 Å². The Labute approximate surface area is 163 Å². The molecule has 150 valence electrons. The Bertz CT molecular complexity index is 621. The minimum absolute atomic E-state index is 0.235. The lowest BCUT2D eigenvalue weighted by Crippen LogP contribution is -2.54. The highest BCUT2D eigenvalue weighted by molar-refractivity contribution is 5.77. The molecule has 1 atom stereocenters. The summed E-state index contributed by atoms with van der Waals surface area (Å²) in [5, 5.41) is 0. The molecule has 0 bridgehead atoms. The van der Waals surface area contributed by atoms with E-state index in [2.05, 4.69) is 30.0 Å². The van der Waals surface area contributed by atoms with Gasteiger partial charge in [0.25, 0.3) is 0 Å². The van der Waals surface area contributed by atoms with Crippen LogP contribution in [0, 0.1) is 5.41 Å². The van der Waals surface area contributed by atoms with Crippen LogP contribution in [0.25, 0.3) is 0 Å². The molecule has 5 heteroatoms. The summed E-state index contributed by atoms with van der Waals surface area (Å²) in [7, 11) is 1.70. The molecule has 5 nitrogen and oxygen atoms in total. The summed E-state index contributed by atoms with van der Waals surface area (Å²) in [6, 6.07) is 8.41. The van der Waals surface area contributed by atoms with E-state index in [1.807, 2.05) is 11.0 Å². The van der Waals surface area contributed by atoms with Gasteiger partial charge in [-0.2, -0.15) is 0 Å². The fourth-order valence-electron chi connectivity index (χ4n) is 4.51. The fraction of sp³-hybridized carbons (Fsp3) is 0.682. The number of para-hydroxylation sites is 1. The van der Waals surface area contributed by atoms with Gasteiger partial charge in [-0.15, -0.1) is 0 Å². The van der Waals surface area contributed by atoms with Crippen LogP contribution in [-0.2, 0) is 16.1 Å². The molecule has 2 aliphatic heterocycles. The van der Waals surface area contributed by atoms with Crippen molar-refractivity contribution < 1.29 is 14.3 Å². The quantitative estimate of drug-likeness (QED) is 0.700. The SMILES string of the molecule is CCCOc1ccccc1CN1CCCC2(CCC(=O)N(CCOC)C2)C1. The molecule has 0 N–H and O–H groups in total. The number of hydrogen-bond donors (Lipinski definition) is 0. The highest BCUT2D eigenvalue weighted by atomic mass is 16.5. The van der Waals surface area contributed by atoms with Crippen molar-refractivity contribution in [2.75, 3.05) is 46.5 Å². The Kier molecular flexibility index (Phi) is 7.13. The average Bonchev–Trinajstić information content (AvgIpc) is 2.68. The number of hydrogen-bond acceptors (Lipinski definition) is 4. The molecule has 0 saturated carbocycles. The van der Waals surface area contributed by atoms with Crippen molar-refractivity contribution in [3.8, 4) is 5.75 Å². The van der Waals surface area contributed by atoms with Crippen molar-refractivity contribution in [3.63, 3.8) is 0 Å². The Morgan fingerprint density at radius 1 is 1.15 bits per heavy atom. The van der Waals surface area contributed by atoms with Gasteiger partial charge >= 0.3 is 0 Å². The van der Waals surface area contributed by atoms with Crippen LogP contribution in [0.3, 0.4) is 0 Å². The predicted molar refractivity (Wildman–Crippen MR) is 107 cm³/mol. The third kappa shape index (κ3) is 5.23. The van der Waals surface area contributed by atoms with Gasteiger partial charge in [0.1, 0.15) is 5.75 Å². The second-order valence-corrected chi connectivity index (χ2v) is 8.08. The van der Waals surface area contributed by atoms with Crippen LogP contribution >= 0.6 is 0 Å². The first-order valence-corrected chi connectivity index (χ1v) is 10.4. The van der Waals surface area contributed by atoms with E-state index in [9.17, 15) is 4.79 Å². The molecule has 27 heavy (non-hydrogen) atoms. The molecule has 0 radical (unpaired) electrons. The van der Waals surface area contributed by atoms with Crippen molar-refractivity contribution in [3.05, 3.63) is 29.8 Å². The number of rotatable bonds is 8. The Morgan fingerprint density at radius 2 is 2.00 bits per heavy atom. The van der Waals surface area contributed by atoms with E-state index in [1.54, 1.807) is 7.11 Å². The van der Waals surface area contributed by atoms with Gasteiger partial charge in [-0.25, -0.2) is 0 Å². The summed E-state index contributed by atoms with van der Waals surface area (Å²) in [6.45, 7) is 8.21. The first-order chi connectivity index (χ1) is 13.2. The molecule has 3 rings (SSSR count). The molecule has 0 aromatic heterocycles. The van der Waals surface area contributed by atoms with Gasteiger partial charge < -0.3 is 14.4 Å². The van der Waals surface area contributed by atoms with Crippen LogP contribution in [0.2, 0.25) is 0 Å². The maximum absolute atomic E-state index is 12.3. The van der Waals surface area contributed by atoms with Gasteiger partial charge in [0, 0.05) is 50.7 Å². The lowest BCUT2D eigenvalue weighted by Gasteiger charge is -2.48. The zero-order chi connectivity index (χ0) is 19.1. The third-order valence-electron chi connectivity index (χ3n) is 5.88. The number of methoxy groups -OCH3 is 1. The van der Waals surface area contributed by atoms with E-state index in [0.29, 0.717) is 19.6 Å². The molecule has 0 aliphatic carbocycles. The highest BCUT2D eigenvalue weighted by Crippen LogP contribution is 2.39. The Balaban J connectivity index is 1.65. The lowest BCUT2D eigenvalue weighted by atomic mass is 9.73. The number of benzene rings is 1. The summed E-state index contributed by atoms with van der Waals surface area (Å²) in [4.78, 5) is 16.9. The first kappa shape index (κ1) is 20.2. The van der Waals surface area contributed by atoms with Crippen molar-refractivity contribution in [2.45, 2.75) is 45.6 Å². The molecule has 2 saturated heterocycles. The summed E-state index contributed by atoms with van der Waals surface area (Å²) in [5.41, 5.74) is 1.50. The van der Waals surface area contributed by atoms with Crippen LogP contribution in [0.1, 0.15) is 44.6 Å². The van der Waals surface area contributed by atoms with Gasteiger partial charge in [0.05, 0.1) is 13.2 Å². The standard InChI is InChI=1S/C22H34N2O3/c1-3-14-27-20-8-5-4-7-19(20)16-23-12-6-10-22(17-23)11-9-21(25)24(18-22)13-15-26-2/h4-5,7-8H,3,6,9-18H2,1-2H3. The fourth-order valence-corrected chi connectivity index (χ4v) is 4.51. The molecule has 2 heterocycles. The second-order valence-electron chi connectivity index (χ2n) is 8.08. The monoisotopic (exact) mass is 374 g/mol.